The van der Waals surface area contributed by atoms with Gasteiger partial charge in [-0.3, -0.25) is 19.4 Å². The van der Waals surface area contributed by atoms with E-state index in [0.717, 1.165) is 83.0 Å². The van der Waals surface area contributed by atoms with Crippen LogP contribution in [-0.2, 0) is 14.4 Å². The Kier molecular flexibility index (Phi) is 9.96. The van der Waals surface area contributed by atoms with Gasteiger partial charge in [-0.2, -0.15) is 0 Å². The third-order valence-corrected chi connectivity index (χ3v) is 10.1. The molecule has 7 rings (SSSR count). The molecule has 1 atom stereocenters. The molecule has 4 saturated heterocycles. The normalized spacial score (nSPS) is 21.2. The number of methoxy groups -OCH3 is 1. The number of halogens is 1. The molecule has 0 bridgehead atoms. The van der Waals surface area contributed by atoms with E-state index in [4.69, 9.17) is 25.9 Å². The lowest BCUT2D eigenvalue weighted by atomic mass is 10.0. The lowest BCUT2D eigenvalue weighted by Gasteiger charge is -2.46. The molecule has 4 fully saturated rings. The lowest BCUT2D eigenvalue weighted by molar-refractivity contribution is -0.111. The van der Waals surface area contributed by atoms with Crippen molar-refractivity contribution in [1.82, 2.24) is 19.8 Å². The lowest BCUT2D eigenvalue weighted by Crippen LogP contribution is -2.59. The maximum atomic E-state index is 12.6. The zero-order valence-electron chi connectivity index (χ0n) is 27.3. The monoisotopic (exact) mass is 674 g/mol. The molecule has 4 aliphatic heterocycles. The van der Waals surface area contributed by atoms with Crippen molar-refractivity contribution in [2.45, 2.75) is 37.4 Å². The molecule has 1 amide bonds. The largest absolute Gasteiger partial charge is 0.494 e. The second kappa shape index (κ2) is 14.7. The minimum Gasteiger partial charge on any atom is -0.494 e. The predicted octanol–water partition coefficient (Wildman–Crippen LogP) is 4.87. The van der Waals surface area contributed by atoms with Gasteiger partial charge >= 0.3 is 0 Å². The summed E-state index contributed by atoms with van der Waals surface area (Å²) in [5, 5.41) is 8.93. The minimum absolute atomic E-state index is 0.00395. The number of carbonyl (C=O) groups excluding carboxylic acids is 1. The highest BCUT2D eigenvalue weighted by Crippen LogP contribution is 2.41. The second-order valence-electron chi connectivity index (χ2n) is 12.6. The van der Waals surface area contributed by atoms with Crippen molar-refractivity contribution in [3.8, 4) is 5.75 Å². The molecular weight excluding hydrogens is 632 g/mol. The van der Waals surface area contributed by atoms with Crippen LogP contribution >= 0.6 is 11.6 Å². The third kappa shape index (κ3) is 7.08. The fourth-order valence-electron chi connectivity index (χ4n) is 7.11. The fraction of sp³-hybridized carbons (Fsp3) is 0.457. The third-order valence-electron chi connectivity index (χ3n) is 9.87. The molecule has 1 aromatic heterocycles. The van der Waals surface area contributed by atoms with E-state index in [0.29, 0.717) is 52.5 Å². The van der Waals surface area contributed by atoms with Gasteiger partial charge in [-0.15, -0.1) is 0 Å². The Bertz CT molecular complexity index is 1590. The van der Waals surface area contributed by atoms with E-state index < -0.39 is 0 Å². The molecule has 1 unspecified atom stereocenters. The summed E-state index contributed by atoms with van der Waals surface area (Å²) >= 11 is 6.13. The molecule has 0 radical (unpaired) electrons. The van der Waals surface area contributed by atoms with Crippen LogP contribution in [0.25, 0.3) is 0 Å². The Labute approximate surface area is 286 Å². The van der Waals surface area contributed by atoms with Crippen molar-refractivity contribution in [3.63, 3.8) is 0 Å². The van der Waals surface area contributed by atoms with Crippen LogP contribution in [0.5, 0.6) is 5.75 Å². The molecule has 5 heterocycles. The number of hydroxylamine groups is 1. The van der Waals surface area contributed by atoms with Gasteiger partial charge in [0.05, 0.1) is 56.1 Å². The van der Waals surface area contributed by atoms with Crippen molar-refractivity contribution >= 4 is 46.2 Å². The maximum absolute atomic E-state index is 12.6. The van der Waals surface area contributed by atoms with E-state index in [2.05, 4.69) is 41.9 Å². The van der Waals surface area contributed by atoms with Crippen LogP contribution in [0.4, 0.5) is 28.7 Å². The number of nitrogens with zero attached hydrogens (tertiary/aromatic N) is 6. The number of benzene rings is 2. The van der Waals surface area contributed by atoms with Gasteiger partial charge in [0.25, 0.3) is 0 Å². The summed E-state index contributed by atoms with van der Waals surface area (Å²) in [7, 11) is 1.65. The molecular formula is C35H43ClN8O4. The van der Waals surface area contributed by atoms with Crippen molar-refractivity contribution in [3.05, 3.63) is 72.0 Å². The predicted molar refractivity (Wildman–Crippen MR) is 187 cm³/mol. The average Bonchev–Trinajstić information content (AvgIpc) is 3.59. The van der Waals surface area contributed by atoms with E-state index in [1.165, 1.54) is 12.4 Å². The van der Waals surface area contributed by atoms with E-state index >= 15 is 0 Å². The highest BCUT2D eigenvalue weighted by atomic mass is 35.5. The van der Waals surface area contributed by atoms with Crippen LogP contribution in [0, 0.1) is 0 Å². The summed E-state index contributed by atoms with van der Waals surface area (Å²) in [5.74, 6) is 1.54. The second-order valence-corrected chi connectivity index (χ2v) is 13.1. The number of ether oxygens (including phenoxy) is 2. The van der Waals surface area contributed by atoms with Gasteiger partial charge in [-0.25, -0.2) is 15.0 Å². The van der Waals surface area contributed by atoms with Gasteiger partial charge in [0.1, 0.15) is 17.9 Å². The van der Waals surface area contributed by atoms with Crippen molar-refractivity contribution in [2.24, 2.45) is 0 Å². The van der Waals surface area contributed by atoms with Crippen LogP contribution in [0.15, 0.2) is 61.4 Å². The van der Waals surface area contributed by atoms with Gasteiger partial charge in [-0.05, 0) is 42.7 Å². The van der Waals surface area contributed by atoms with Crippen LogP contribution in [0.3, 0.4) is 0 Å². The first-order valence-electron chi connectivity index (χ1n) is 16.7. The van der Waals surface area contributed by atoms with Crippen LogP contribution in [0.1, 0.15) is 30.9 Å². The van der Waals surface area contributed by atoms with Crippen LogP contribution in [-0.4, -0.2) is 104 Å². The smallest absolute Gasteiger partial charge is 0.247 e. The Morgan fingerprint density at radius 2 is 1.69 bits per heavy atom. The number of anilines is 5. The van der Waals surface area contributed by atoms with Crippen molar-refractivity contribution in [2.75, 3.05) is 86.8 Å². The SMILES string of the molecule is C=CC(=O)Nc1cc(Nc2cc(N3OCCC3c3ccc(Cl)cc3)ncn2)c(OC)cc1N1CCC(N2CCN(C3COC3)CC2)CC1. The topological polar surface area (TPSA) is 108 Å². The molecule has 2 N–H and O–H groups in total. The standard InChI is InChI=1S/C35H43ClN8O4/c1-3-35(45)40-28-18-29(39-33-20-34(38-23-37-33)44-30(10-17-48-44)24-4-6-25(36)7-5-24)32(46-2)19-31(28)43-11-8-26(9-12-43)41-13-15-42(16-14-41)27-21-47-22-27/h3-7,18-20,23,26-27,30H,1,8-17,21-22H2,2H3,(H,40,45)(H,37,38,39). The number of hydrogen-bond donors (Lipinski definition) is 2. The maximum Gasteiger partial charge on any atom is 0.247 e. The summed E-state index contributed by atoms with van der Waals surface area (Å²) in [5.41, 5.74) is 3.35. The van der Waals surface area contributed by atoms with E-state index in [1.54, 1.807) is 7.11 Å². The summed E-state index contributed by atoms with van der Waals surface area (Å²) < 4.78 is 11.3. The number of rotatable bonds is 10. The number of piperazine rings is 1. The van der Waals surface area contributed by atoms with E-state index in [9.17, 15) is 4.79 Å². The molecule has 0 aliphatic carbocycles. The van der Waals surface area contributed by atoms with E-state index in [1.807, 2.05) is 47.5 Å². The van der Waals surface area contributed by atoms with Gasteiger partial charge in [-0.1, -0.05) is 30.3 Å². The van der Waals surface area contributed by atoms with Crippen LogP contribution < -0.4 is 25.3 Å². The molecule has 3 aromatic rings. The molecule has 4 aliphatic rings. The average molecular weight is 675 g/mol. The van der Waals surface area contributed by atoms with Gasteiger partial charge in [0.15, 0.2) is 5.82 Å². The Balaban J connectivity index is 1.07. The molecule has 0 saturated carbocycles. The quantitative estimate of drug-likeness (QED) is 0.288. The van der Waals surface area contributed by atoms with Gasteiger partial charge in [0.2, 0.25) is 5.91 Å². The summed E-state index contributed by atoms with van der Waals surface area (Å²) in [4.78, 5) is 35.1. The first-order chi connectivity index (χ1) is 23.5. The summed E-state index contributed by atoms with van der Waals surface area (Å²) in [6.45, 7) is 12.2. The van der Waals surface area contributed by atoms with Gasteiger partial charge < -0.3 is 25.0 Å². The molecule has 2 aromatic carbocycles. The zero-order valence-corrected chi connectivity index (χ0v) is 28.1. The number of aromatic nitrogens is 2. The molecule has 0 spiro atoms. The number of amides is 1. The number of hydrogen-bond acceptors (Lipinski definition) is 11. The number of nitrogens with one attached hydrogen (secondary N) is 2. The Hall–Kier alpha value is -3.94. The van der Waals surface area contributed by atoms with E-state index in [-0.39, 0.29) is 11.9 Å². The number of carbonyl (C=O) groups is 1. The minimum atomic E-state index is -0.277. The first-order valence-corrected chi connectivity index (χ1v) is 17.1. The Morgan fingerprint density at radius 1 is 0.958 bits per heavy atom. The van der Waals surface area contributed by atoms with Crippen LogP contribution in [0.2, 0.25) is 5.02 Å². The summed E-state index contributed by atoms with van der Waals surface area (Å²) in [6, 6.07) is 14.7. The molecule has 13 heteroatoms. The zero-order chi connectivity index (χ0) is 33.0. The number of piperidine rings is 1. The van der Waals surface area contributed by atoms with Gasteiger partial charge in [0, 0.05) is 68.9 Å². The highest BCUT2D eigenvalue weighted by molar-refractivity contribution is 6.30. The molecule has 254 valence electrons. The fourth-order valence-corrected chi connectivity index (χ4v) is 7.24. The Morgan fingerprint density at radius 3 is 2.35 bits per heavy atom. The van der Waals surface area contributed by atoms with Crippen molar-refractivity contribution < 1.29 is 19.1 Å². The molecule has 48 heavy (non-hydrogen) atoms. The summed E-state index contributed by atoms with van der Waals surface area (Å²) in [6.07, 6.45) is 5.73. The molecule has 12 nitrogen and oxygen atoms in total. The highest BCUT2D eigenvalue weighted by Gasteiger charge is 2.33. The first kappa shape index (κ1) is 32.6. The van der Waals surface area contributed by atoms with Crippen molar-refractivity contribution in [1.29, 1.82) is 0 Å².